The molecule has 0 amide bonds. The number of hydrogen-bond acceptors (Lipinski definition) is 0. The van der Waals surface area contributed by atoms with Gasteiger partial charge in [0.1, 0.15) is 0 Å². The summed E-state index contributed by atoms with van der Waals surface area (Å²) in [5, 5.41) is 10.6. The predicted molar refractivity (Wildman–Crippen MR) is 212 cm³/mol. The highest BCUT2D eigenvalue weighted by Crippen LogP contribution is 2.52. The van der Waals surface area contributed by atoms with Crippen LogP contribution in [-0.2, 0) is 0 Å². The minimum atomic E-state index is 1.22. The van der Waals surface area contributed by atoms with Gasteiger partial charge in [-0.05, 0) is 63.7 Å². The third-order valence-corrected chi connectivity index (χ3v) is 11.2. The largest absolute Gasteiger partial charge is 0.308 e. The molecular formula is C48H28N2. The zero-order chi connectivity index (χ0) is 32.5. The van der Waals surface area contributed by atoms with Gasteiger partial charge in [-0.3, -0.25) is 0 Å². The molecule has 2 heteroatoms. The van der Waals surface area contributed by atoms with Crippen molar-refractivity contribution in [2.75, 3.05) is 0 Å². The van der Waals surface area contributed by atoms with Gasteiger partial charge in [0.2, 0.25) is 0 Å². The van der Waals surface area contributed by atoms with E-state index >= 15 is 0 Å². The second-order valence-corrected chi connectivity index (χ2v) is 13.6. The third-order valence-electron chi connectivity index (χ3n) is 11.2. The molecule has 0 saturated carbocycles. The zero-order valence-electron chi connectivity index (χ0n) is 27.1. The van der Waals surface area contributed by atoms with E-state index in [9.17, 15) is 0 Å². The summed E-state index contributed by atoms with van der Waals surface area (Å²) in [6.07, 6.45) is 0. The molecule has 0 bridgehead atoms. The Labute approximate surface area is 287 Å². The molecule has 50 heavy (non-hydrogen) atoms. The van der Waals surface area contributed by atoms with Gasteiger partial charge in [-0.25, -0.2) is 0 Å². The number of benzene rings is 8. The number of para-hydroxylation sites is 3. The van der Waals surface area contributed by atoms with Crippen LogP contribution < -0.4 is 0 Å². The van der Waals surface area contributed by atoms with Crippen molar-refractivity contribution in [3.8, 4) is 33.4 Å². The van der Waals surface area contributed by atoms with Crippen molar-refractivity contribution < 1.29 is 0 Å². The third kappa shape index (κ3) is 3.19. The van der Waals surface area contributed by atoms with E-state index in [1.807, 2.05) is 0 Å². The monoisotopic (exact) mass is 632 g/mol. The number of fused-ring (bicyclic) bond motifs is 14. The van der Waals surface area contributed by atoms with Crippen LogP contribution in [0.2, 0.25) is 0 Å². The lowest BCUT2D eigenvalue weighted by Crippen LogP contribution is -1.91. The van der Waals surface area contributed by atoms with Crippen molar-refractivity contribution in [2.45, 2.75) is 0 Å². The number of aromatic nitrogens is 2. The van der Waals surface area contributed by atoms with Gasteiger partial charge in [0.15, 0.2) is 0 Å². The molecule has 0 atom stereocenters. The predicted octanol–water partition coefficient (Wildman–Crippen LogP) is 13.0. The summed E-state index contributed by atoms with van der Waals surface area (Å²) in [6.45, 7) is 0. The van der Waals surface area contributed by atoms with Crippen LogP contribution >= 0.6 is 0 Å². The summed E-state index contributed by atoms with van der Waals surface area (Å²) in [4.78, 5) is 0. The quantitative estimate of drug-likeness (QED) is 0.183. The molecule has 0 aliphatic heterocycles. The second-order valence-electron chi connectivity index (χ2n) is 13.6. The lowest BCUT2D eigenvalue weighted by Gasteiger charge is -2.17. The van der Waals surface area contributed by atoms with Crippen LogP contribution in [0.5, 0.6) is 0 Å². The normalized spacial score (nSPS) is 12.4. The maximum atomic E-state index is 2.54. The lowest BCUT2D eigenvalue weighted by molar-refractivity contribution is 1.37. The molecule has 0 aliphatic carbocycles. The molecule has 0 N–H and O–H groups in total. The Morgan fingerprint density at radius 3 is 1.16 bits per heavy atom. The van der Waals surface area contributed by atoms with Gasteiger partial charge >= 0.3 is 0 Å². The minimum absolute atomic E-state index is 1.22. The first-order valence-corrected chi connectivity index (χ1v) is 17.4. The Morgan fingerprint density at radius 1 is 0.280 bits per heavy atom. The molecule has 12 rings (SSSR count). The fourth-order valence-corrected chi connectivity index (χ4v) is 9.27. The van der Waals surface area contributed by atoms with E-state index in [1.165, 1.54) is 110 Å². The van der Waals surface area contributed by atoms with Gasteiger partial charge in [-0.2, -0.15) is 0 Å². The molecule has 0 spiro atoms. The smallest absolute Gasteiger partial charge is 0.0634 e. The first kappa shape index (κ1) is 26.3. The molecular weight excluding hydrogens is 605 g/mol. The molecule has 0 fully saturated rings. The fourth-order valence-electron chi connectivity index (χ4n) is 9.27. The SMILES string of the molecule is c1ccc(-c2cccc(-c3ccccc3)c2-c2ccc3c(c2)c2c4c5ccccc5n5c6ccccc6c(c6c7ccccc7n3c62)c45)cc1. The van der Waals surface area contributed by atoms with Crippen molar-refractivity contribution in [3.05, 3.63) is 170 Å². The summed E-state index contributed by atoms with van der Waals surface area (Å²) >= 11 is 0. The van der Waals surface area contributed by atoms with E-state index in [0.29, 0.717) is 0 Å². The summed E-state index contributed by atoms with van der Waals surface area (Å²) in [6, 6.07) is 62.6. The van der Waals surface area contributed by atoms with Crippen molar-refractivity contribution in [1.29, 1.82) is 0 Å². The van der Waals surface area contributed by atoms with Gasteiger partial charge in [-0.1, -0.05) is 140 Å². The van der Waals surface area contributed by atoms with E-state index in [2.05, 4.69) is 179 Å². The van der Waals surface area contributed by atoms with Gasteiger partial charge in [0.25, 0.3) is 0 Å². The first-order chi connectivity index (χ1) is 24.9. The number of rotatable bonds is 3. The van der Waals surface area contributed by atoms with Crippen LogP contribution in [0.4, 0.5) is 0 Å². The van der Waals surface area contributed by atoms with Crippen LogP contribution in [0.1, 0.15) is 0 Å². The van der Waals surface area contributed by atoms with Crippen LogP contribution in [0.3, 0.4) is 0 Å². The van der Waals surface area contributed by atoms with E-state index in [4.69, 9.17) is 0 Å². The maximum absolute atomic E-state index is 2.54. The average Bonchev–Trinajstić information content (AvgIpc) is 3.91. The molecule has 4 heterocycles. The van der Waals surface area contributed by atoms with E-state index in [1.54, 1.807) is 0 Å². The van der Waals surface area contributed by atoms with Crippen molar-refractivity contribution in [3.63, 3.8) is 0 Å². The molecule has 4 aromatic heterocycles. The summed E-state index contributed by atoms with van der Waals surface area (Å²) in [5.41, 5.74) is 15.1. The van der Waals surface area contributed by atoms with E-state index in [-0.39, 0.29) is 0 Å². The summed E-state index contributed by atoms with van der Waals surface area (Å²) < 4.78 is 5.07. The molecule has 2 nitrogen and oxygen atoms in total. The molecule has 230 valence electrons. The zero-order valence-corrected chi connectivity index (χ0v) is 27.1. The highest BCUT2D eigenvalue weighted by Gasteiger charge is 2.28. The lowest BCUT2D eigenvalue weighted by atomic mass is 9.87. The molecule has 0 aliphatic rings. The Morgan fingerprint density at radius 2 is 0.680 bits per heavy atom. The highest BCUT2D eigenvalue weighted by molar-refractivity contribution is 6.45. The standard InChI is InChI=1S/C48H28N2/c1-3-14-29(15-4-1)32-21-13-22-33(30-16-5-2-6-17-30)42(32)31-26-27-41-37(28-31)46-45-36-20-9-11-24-39(36)49-38-23-10-7-18-34(38)43(47(45)49)44-35-19-8-12-25-40(35)50(41)48(44)46/h1-28H. The van der Waals surface area contributed by atoms with Gasteiger partial charge in [0.05, 0.1) is 33.1 Å². The first-order valence-electron chi connectivity index (χ1n) is 17.4. The van der Waals surface area contributed by atoms with Gasteiger partial charge < -0.3 is 8.80 Å². The van der Waals surface area contributed by atoms with E-state index < -0.39 is 0 Å². The Bertz CT molecular complexity index is 3230. The second kappa shape index (κ2) is 9.49. The molecule has 0 unspecified atom stereocenters. The molecule has 8 aromatic carbocycles. The van der Waals surface area contributed by atoms with Crippen LogP contribution in [0, 0.1) is 0 Å². The minimum Gasteiger partial charge on any atom is -0.308 e. The maximum Gasteiger partial charge on any atom is 0.0634 e. The van der Waals surface area contributed by atoms with Crippen LogP contribution in [-0.4, -0.2) is 8.80 Å². The Hall–Kier alpha value is -6.64. The van der Waals surface area contributed by atoms with Crippen molar-refractivity contribution in [2.24, 2.45) is 0 Å². The van der Waals surface area contributed by atoms with Crippen molar-refractivity contribution >= 4 is 76.2 Å². The van der Waals surface area contributed by atoms with Crippen LogP contribution in [0.15, 0.2) is 170 Å². The fraction of sp³-hybridized carbons (Fsp3) is 0. The average molecular weight is 633 g/mol. The summed E-state index contributed by atoms with van der Waals surface area (Å²) in [7, 11) is 0. The topological polar surface area (TPSA) is 8.82 Å². The Balaban J connectivity index is 1.32. The Kier molecular flexibility index (Phi) is 5.00. The van der Waals surface area contributed by atoms with E-state index in [0.717, 1.165) is 0 Å². The molecule has 0 saturated heterocycles. The number of hydrogen-bond donors (Lipinski definition) is 0. The molecule has 12 aromatic rings. The van der Waals surface area contributed by atoms with Crippen molar-refractivity contribution in [1.82, 2.24) is 8.80 Å². The summed E-state index contributed by atoms with van der Waals surface area (Å²) in [5.74, 6) is 0. The highest BCUT2D eigenvalue weighted by atomic mass is 14.9. The number of nitrogens with zero attached hydrogens (tertiary/aromatic N) is 2. The molecule has 0 radical (unpaired) electrons. The van der Waals surface area contributed by atoms with Gasteiger partial charge in [-0.15, -0.1) is 0 Å². The van der Waals surface area contributed by atoms with Crippen LogP contribution in [0.25, 0.3) is 110 Å². The van der Waals surface area contributed by atoms with Gasteiger partial charge in [0, 0.05) is 43.1 Å².